The molecule has 14 nitrogen and oxygen atoms in total. The van der Waals surface area contributed by atoms with Crippen LogP contribution in [0.15, 0.2) is 146 Å². The van der Waals surface area contributed by atoms with Crippen molar-refractivity contribution in [3.63, 3.8) is 0 Å². The van der Waals surface area contributed by atoms with Crippen LogP contribution in [-0.2, 0) is 53.3 Å². The zero-order valence-corrected chi connectivity index (χ0v) is 54.4. The number of ether oxygens (including phenoxy) is 4. The monoisotopic (exact) mass is 1230 g/mol. The zero-order valence-electron chi connectivity index (χ0n) is 51.8. The van der Waals surface area contributed by atoms with Crippen molar-refractivity contribution < 1.29 is 64.8 Å². The molecule has 17 heteroatoms. The number of rotatable bonds is 32. The standard InChI is InChI=1S/C69H87O14P3/c1-11-66(39-71-40-66)47-75-84(76-48-67(12-2)41-72-42-67)79-58-29-17-53(18-30-58)64(7,8)55-23-35-61(36-24-55)82-86(81-60-33-21-52(22-34-60)63(5,6)51-15-27-57(70)28-16-51)83-62-37-25-56(26-38-62)65(9,10)54-19-31-59(32-20-54)80-85(77-49-68(13-3)43-73-44-68)78-50-69(14-4)45-74-46-69/h15-38,70H,11-14,39-50H2,1-10H3. The highest BCUT2D eigenvalue weighted by Gasteiger charge is 2.43. The fourth-order valence-electron chi connectivity index (χ4n) is 10.6. The van der Waals surface area contributed by atoms with Gasteiger partial charge in [-0.15, -0.1) is 0 Å². The topological polar surface area (TPSA) is 140 Å². The van der Waals surface area contributed by atoms with Crippen LogP contribution in [0.3, 0.4) is 0 Å². The van der Waals surface area contributed by atoms with Gasteiger partial charge in [-0.3, -0.25) is 0 Å². The zero-order chi connectivity index (χ0) is 60.6. The summed E-state index contributed by atoms with van der Waals surface area (Å²) in [5.74, 6) is 3.40. The van der Waals surface area contributed by atoms with Gasteiger partial charge in [0.1, 0.15) is 34.5 Å². The maximum absolute atomic E-state index is 9.98. The molecule has 0 radical (unpaired) electrons. The van der Waals surface area contributed by atoms with Crippen LogP contribution < -0.4 is 22.6 Å². The smallest absolute Gasteiger partial charge is 0.508 e. The van der Waals surface area contributed by atoms with Crippen LogP contribution in [0, 0.1) is 21.7 Å². The third-order valence-corrected chi connectivity index (χ3v) is 21.7. The van der Waals surface area contributed by atoms with Crippen molar-refractivity contribution in [1.82, 2.24) is 0 Å². The molecular formula is C69H87O14P3. The van der Waals surface area contributed by atoms with E-state index in [4.69, 9.17) is 59.7 Å². The van der Waals surface area contributed by atoms with Crippen molar-refractivity contribution in [3.8, 4) is 34.5 Å². The molecule has 4 heterocycles. The summed E-state index contributed by atoms with van der Waals surface area (Å²) in [5.41, 5.74) is 5.50. The van der Waals surface area contributed by atoms with Crippen molar-refractivity contribution >= 4 is 25.8 Å². The van der Waals surface area contributed by atoms with Crippen LogP contribution in [0.25, 0.3) is 0 Å². The molecule has 462 valence electrons. The summed E-state index contributed by atoms with van der Waals surface area (Å²) in [5, 5.41) is 9.98. The van der Waals surface area contributed by atoms with E-state index >= 15 is 0 Å². The lowest BCUT2D eigenvalue weighted by Gasteiger charge is -2.42. The summed E-state index contributed by atoms with van der Waals surface area (Å²) in [6.45, 7) is 29.4. The van der Waals surface area contributed by atoms with Crippen LogP contribution in [0.5, 0.6) is 34.5 Å². The molecule has 0 aliphatic carbocycles. The number of phenols is 1. The molecule has 1 N–H and O–H groups in total. The first-order valence-electron chi connectivity index (χ1n) is 30.3. The second-order valence-corrected chi connectivity index (χ2v) is 28.9. The molecule has 86 heavy (non-hydrogen) atoms. The van der Waals surface area contributed by atoms with Gasteiger partial charge in [0.25, 0.3) is 0 Å². The molecule has 10 rings (SSSR count). The third kappa shape index (κ3) is 15.0. The highest BCUT2D eigenvalue weighted by Crippen LogP contribution is 2.50. The predicted octanol–water partition coefficient (Wildman–Crippen LogP) is 17.1. The molecule has 4 aliphatic rings. The van der Waals surface area contributed by atoms with Crippen molar-refractivity contribution in [3.05, 3.63) is 179 Å². The van der Waals surface area contributed by atoms with Gasteiger partial charge < -0.3 is 64.8 Å². The molecule has 0 spiro atoms. The first kappa shape index (κ1) is 64.1. The Morgan fingerprint density at radius 2 is 0.500 bits per heavy atom. The van der Waals surface area contributed by atoms with E-state index in [1.165, 1.54) is 0 Å². The maximum atomic E-state index is 9.98. The van der Waals surface area contributed by atoms with E-state index in [2.05, 4.69) is 130 Å². The highest BCUT2D eigenvalue weighted by molar-refractivity contribution is 7.43. The fraction of sp³-hybridized carbons (Fsp3) is 0.478. The number of benzene rings is 6. The second kappa shape index (κ2) is 27.5. The summed E-state index contributed by atoms with van der Waals surface area (Å²) < 4.78 is 80.6. The summed E-state index contributed by atoms with van der Waals surface area (Å²) in [7, 11) is -5.32. The van der Waals surface area contributed by atoms with E-state index < -0.39 is 25.8 Å². The highest BCUT2D eigenvalue weighted by atomic mass is 31.2. The molecule has 6 aromatic rings. The minimum atomic E-state index is -2.01. The Morgan fingerprint density at radius 1 is 0.314 bits per heavy atom. The number of hydrogen-bond acceptors (Lipinski definition) is 14. The van der Waals surface area contributed by atoms with E-state index in [1.54, 1.807) is 12.1 Å². The lowest BCUT2D eigenvalue weighted by molar-refractivity contribution is -0.143. The molecule has 6 aromatic carbocycles. The molecule has 0 bridgehead atoms. The fourth-order valence-corrected chi connectivity index (χ4v) is 14.0. The maximum Gasteiger partial charge on any atom is 0.530 e. The molecule has 4 aliphatic heterocycles. The van der Waals surface area contributed by atoms with Gasteiger partial charge in [0.15, 0.2) is 0 Å². The average molecular weight is 1230 g/mol. The molecule has 0 amide bonds. The average Bonchev–Trinajstić information content (AvgIpc) is 3.39. The van der Waals surface area contributed by atoms with Gasteiger partial charge in [0.05, 0.1) is 79.3 Å². The predicted molar refractivity (Wildman–Crippen MR) is 339 cm³/mol. The van der Waals surface area contributed by atoms with Gasteiger partial charge in [-0.1, -0.05) is 142 Å². The molecular weight excluding hydrogens is 1150 g/mol. The summed E-state index contributed by atoms with van der Waals surface area (Å²) in [6.07, 6.45) is 3.86. The van der Waals surface area contributed by atoms with Crippen LogP contribution in [-0.4, -0.2) is 84.4 Å². The van der Waals surface area contributed by atoms with Crippen molar-refractivity contribution in [2.24, 2.45) is 21.7 Å². The van der Waals surface area contributed by atoms with Crippen molar-refractivity contribution in [2.45, 2.75) is 111 Å². The summed E-state index contributed by atoms with van der Waals surface area (Å²) in [4.78, 5) is 0. The summed E-state index contributed by atoms with van der Waals surface area (Å²) in [6, 6.07) is 48.0. The Balaban J connectivity index is 0.817. The van der Waals surface area contributed by atoms with Crippen LogP contribution >= 0.6 is 25.8 Å². The number of hydrogen-bond donors (Lipinski definition) is 1. The lowest BCUT2D eigenvalue weighted by Crippen LogP contribution is -2.46. The minimum absolute atomic E-state index is 0.00197. The molecule has 0 saturated carbocycles. The Hall–Kier alpha value is -4.91. The van der Waals surface area contributed by atoms with Crippen molar-refractivity contribution in [2.75, 3.05) is 79.3 Å². The van der Waals surface area contributed by atoms with Gasteiger partial charge in [-0.2, -0.15) is 0 Å². The van der Waals surface area contributed by atoms with Gasteiger partial charge >= 0.3 is 25.8 Å². The normalized spacial score (nSPS) is 17.7. The van der Waals surface area contributed by atoms with Crippen LogP contribution in [0.1, 0.15) is 128 Å². The van der Waals surface area contributed by atoms with E-state index in [0.717, 1.165) is 59.1 Å². The third-order valence-electron chi connectivity index (χ3n) is 18.5. The molecule has 4 fully saturated rings. The van der Waals surface area contributed by atoms with Gasteiger partial charge in [0.2, 0.25) is 0 Å². The Kier molecular flexibility index (Phi) is 20.5. The Morgan fingerprint density at radius 3 is 0.674 bits per heavy atom. The van der Waals surface area contributed by atoms with E-state index in [1.807, 2.05) is 72.8 Å². The van der Waals surface area contributed by atoms with Crippen molar-refractivity contribution in [1.29, 1.82) is 0 Å². The van der Waals surface area contributed by atoms with Crippen LogP contribution in [0.2, 0.25) is 0 Å². The van der Waals surface area contributed by atoms with E-state index in [9.17, 15) is 5.11 Å². The lowest BCUT2D eigenvalue weighted by atomic mass is 9.78. The summed E-state index contributed by atoms with van der Waals surface area (Å²) >= 11 is 0. The van der Waals surface area contributed by atoms with E-state index in [-0.39, 0.29) is 43.7 Å². The Bertz CT molecular complexity index is 2850. The van der Waals surface area contributed by atoms with Gasteiger partial charge in [-0.25, -0.2) is 0 Å². The molecule has 0 aromatic heterocycles. The SMILES string of the molecule is CCC1(COP(OCC2(CC)COC2)Oc2ccc(C(C)(C)c3ccc(OP(Oc4ccc(C(C)(C)c5ccc(O)cc5)cc4)Oc4ccc(C(C)(C)c5ccc(OP(OCC6(CC)COC6)OCC6(CC)COC6)cc5)cc4)cc3)cc2)COC1. The van der Waals surface area contributed by atoms with Gasteiger partial charge in [0, 0.05) is 37.9 Å². The van der Waals surface area contributed by atoms with Gasteiger partial charge in [-0.05, 0) is 132 Å². The molecule has 0 unspecified atom stereocenters. The second-order valence-electron chi connectivity index (χ2n) is 25.7. The largest absolute Gasteiger partial charge is 0.530 e. The van der Waals surface area contributed by atoms with Crippen LogP contribution in [0.4, 0.5) is 0 Å². The molecule has 4 saturated heterocycles. The Labute approximate surface area is 513 Å². The van der Waals surface area contributed by atoms with E-state index in [0.29, 0.717) is 108 Å². The number of phenolic OH excluding ortho intramolecular Hbond substituents is 1. The quantitative estimate of drug-likeness (QED) is 0.0401. The first-order chi connectivity index (χ1) is 41.3. The number of aromatic hydroxyl groups is 1. The molecule has 0 atom stereocenters. The minimum Gasteiger partial charge on any atom is -0.508 e. The first-order valence-corrected chi connectivity index (χ1v) is 33.6.